The molecule has 92 valence electrons. The number of hydrogen-bond donors (Lipinski definition) is 2. The summed E-state index contributed by atoms with van der Waals surface area (Å²) in [6, 6.07) is 0.134. The maximum Gasteiger partial charge on any atom is 0.317 e. The van der Waals surface area contributed by atoms with Crippen LogP contribution in [0.1, 0.15) is 26.7 Å². The van der Waals surface area contributed by atoms with Gasteiger partial charge in [0.05, 0.1) is 0 Å². The number of urea groups is 1. The van der Waals surface area contributed by atoms with Crippen LogP contribution in [0.2, 0.25) is 0 Å². The highest BCUT2D eigenvalue weighted by Crippen LogP contribution is 2.17. The van der Waals surface area contributed by atoms with Gasteiger partial charge in [0.1, 0.15) is 0 Å². The molecule has 0 aliphatic carbocycles. The van der Waals surface area contributed by atoms with Crippen LogP contribution < -0.4 is 10.6 Å². The number of nitrogens with one attached hydrogen (secondary N) is 2. The molecule has 0 saturated carbocycles. The molecule has 1 fully saturated rings. The van der Waals surface area contributed by atoms with Gasteiger partial charge in [-0.25, -0.2) is 4.79 Å². The highest BCUT2D eigenvalue weighted by molar-refractivity contribution is 5.79. The first-order valence-corrected chi connectivity index (χ1v) is 5.81. The van der Waals surface area contributed by atoms with Gasteiger partial charge in [-0.2, -0.15) is 0 Å². The number of likely N-dealkylation sites (tertiary alicyclic amines) is 1. The lowest BCUT2D eigenvalue weighted by Crippen LogP contribution is -2.48. The average molecular weight is 227 g/mol. The molecule has 1 saturated heterocycles. The molecular formula is C11H21N3O2. The van der Waals surface area contributed by atoms with Gasteiger partial charge in [-0.05, 0) is 26.7 Å². The van der Waals surface area contributed by atoms with E-state index in [9.17, 15) is 9.59 Å². The van der Waals surface area contributed by atoms with Gasteiger partial charge in [0.25, 0.3) is 0 Å². The number of nitrogens with zero attached hydrogens (tertiary/aromatic N) is 1. The Morgan fingerprint density at radius 1 is 1.25 bits per heavy atom. The molecule has 2 N–H and O–H groups in total. The smallest absolute Gasteiger partial charge is 0.317 e. The van der Waals surface area contributed by atoms with Crippen LogP contribution in [-0.4, -0.2) is 43.0 Å². The maximum atomic E-state index is 11.7. The van der Waals surface area contributed by atoms with Crippen LogP contribution in [0.5, 0.6) is 0 Å². The lowest BCUT2D eigenvalue weighted by atomic mass is 9.96. The van der Waals surface area contributed by atoms with Gasteiger partial charge >= 0.3 is 6.03 Å². The van der Waals surface area contributed by atoms with E-state index >= 15 is 0 Å². The molecule has 0 aromatic heterocycles. The number of hydrogen-bond acceptors (Lipinski definition) is 2. The van der Waals surface area contributed by atoms with E-state index in [2.05, 4.69) is 10.6 Å². The maximum absolute atomic E-state index is 11.7. The van der Waals surface area contributed by atoms with E-state index < -0.39 is 0 Å². The molecule has 5 nitrogen and oxygen atoms in total. The molecular weight excluding hydrogens is 206 g/mol. The van der Waals surface area contributed by atoms with Crippen LogP contribution in [0.25, 0.3) is 0 Å². The zero-order chi connectivity index (χ0) is 12.1. The first kappa shape index (κ1) is 12.8. The summed E-state index contributed by atoms with van der Waals surface area (Å²) in [6.07, 6.45) is 1.51. The average Bonchev–Trinajstić information content (AvgIpc) is 2.27. The Bertz CT molecular complexity index is 258. The van der Waals surface area contributed by atoms with E-state index in [1.165, 1.54) is 0 Å². The van der Waals surface area contributed by atoms with Crippen molar-refractivity contribution in [3.63, 3.8) is 0 Å². The largest absolute Gasteiger partial charge is 0.359 e. The molecule has 1 heterocycles. The fourth-order valence-corrected chi connectivity index (χ4v) is 1.89. The summed E-state index contributed by atoms with van der Waals surface area (Å²) >= 11 is 0. The van der Waals surface area contributed by atoms with Crippen LogP contribution in [0, 0.1) is 5.92 Å². The van der Waals surface area contributed by atoms with E-state index in [0.29, 0.717) is 13.1 Å². The molecule has 3 amide bonds. The van der Waals surface area contributed by atoms with Gasteiger partial charge in [-0.3, -0.25) is 4.79 Å². The van der Waals surface area contributed by atoms with Crippen molar-refractivity contribution >= 4 is 11.9 Å². The van der Waals surface area contributed by atoms with Crippen molar-refractivity contribution in [3.8, 4) is 0 Å². The quantitative estimate of drug-likeness (QED) is 0.724. The molecule has 0 aromatic rings. The second-order valence-corrected chi connectivity index (χ2v) is 4.48. The van der Waals surface area contributed by atoms with Gasteiger partial charge < -0.3 is 15.5 Å². The highest BCUT2D eigenvalue weighted by Gasteiger charge is 2.26. The normalized spacial score (nSPS) is 17.4. The standard InChI is InChI=1S/C11H21N3O2/c1-8(2)13-11(16)14-6-4-9(5-7-14)10(15)12-3/h8-9H,4-7H2,1-3H3,(H,12,15)(H,13,16). The zero-order valence-corrected chi connectivity index (χ0v) is 10.2. The molecule has 0 atom stereocenters. The third-order valence-corrected chi connectivity index (χ3v) is 2.81. The minimum Gasteiger partial charge on any atom is -0.359 e. The van der Waals surface area contributed by atoms with Crippen LogP contribution in [0.15, 0.2) is 0 Å². The predicted molar refractivity (Wildman–Crippen MR) is 62.0 cm³/mol. The molecule has 1 aliphatic rings. The molecule has 0 radical (unpaired) electrons. The van der Waals surface area contributed by atoms with Crippen LogP contribution >= 0.6 is 0 Å². The number of piperidine rings is 1. The Balaban J connectivity index is 2.37. The number of rotatable bonds is 2. The lowest BCUT2D eigenvalue weighted by molar-refractivity contribution is -0.125. The van der Waals surface area contributed by atoms with Crippen molar-refractivity contribution in [2.45, 2.75) is 32.7 Å². The Morgan fingerprint density at radius 2 is 1.81 bits per heavy atom. The van der Waals surface area contributed by atoms with Crippen LogP contribution in [0.4, 0.5) is 4.79 Å². The minimum absolute atomic E-state index is 0.0228. The SMILES string of the molecule is CNC(=O)C1CCN(C(=O)NC(C)C)CC1. The van der Waals surface area contributed by atoms with Gasteiger partial charge in [0.15, 0.2) is 0 Å². The molecule has 0 unspecified atom stereocenters. The number of amides is 3. The Labute approximate surface area is 96.6 Å². The number of carbonyl (C=O) groups excluding carboxylic acids is 2. The molecule has 0 bridgehead atoms. The molecule has 1 rings (SSSR count). The summed E-state index contributed by atoms with van der Waals surface area (Å²) in [4.78, 5) is 24.8. The third-order valence-electron chi connectivity index (χ3n) is 2.81. The van der Waals surface area contributed by atoms with E-state index in [1.54, 1.807) is 11.9 Å². The molecule has 16 heavy (non-hydrogen) atoms. The van der Waals surface area contributed by atoms with Gasteiger partial charge in [-0.15, -0.1) is 0 Å². The predicted octanol–water partition coefficient (Wildman–Crippen LogP) is 0.562. The van der Waals surface area contributed by atoms with Gasteiger partial charge in [0, 0.05) is 32.1 Å². The molecule has 0 aromatic carbocycles. The van der Waals surface area contributed by atoms with Gasteiger partial charge in [0.2, 0.25) is 5.91 Å². The fraction of sp³-hybridized carbons (Fsp3) is 0.818. The second kappa shape index (κ2) is 5.72. The number of carbonyl (C=O) groups is 2. The van der Waals surface area contributed by atoms with Crippen LogP contribution in [-0.2, 0) is 4.79 Å². The monoisotopic (exact) mass is 227 g/mol. The van der Waals surface area contributed by atoms with Crippen molar-refractivity contribution in [2.75, 3.05) is 20.1 Å². The van der Waals surface area contributed by atoms with E-state index in [4.69, 9.17) is 0 Å². The van der Waals surface area contributed by atoms with E-state index in [0.717, 1.165) is 12.8 Å². The van der Waals surface area contributed by atoms with Crippen molar-refractivity contribution in [1.82, 2.24) is 15.5 Å². The van der Waals surface area contributed by atoms with Crippen molar-refractivity contribution < 1.29 is 9.59 Å². The zero-order valence-electron chi connectivity index (χ0n) is 10.2. The fourth-order valence-electron chi connectivity index (χ4n) is 1.89. The van der Waals surface area contributed by atoms with Crippen molar-refractivity contribution in [2.24, 2.45) is 5.92 Å². The molecule has 5 heteroatoms. The summed E-state index contributed by atoms with van der Waals surface area (Å²) in [6.45, 7) is 5.21. The molecule has 0 spiro atoms. The van der Waals surface area contributed by atoms with Crippen molar-refractivity contribution in [3.05, 3.63) is 0 Å². The molecule has 1 aliphatic heterocycles. The lowest BCUT2D eigenvalue weighted by Gasteiger charge is -2.31. The summed E-state index contributed by atoms with van der Waals surface area (Å²) in [7, 11) is 1.65. The Hall–Kier alpha value is -1.26. The Kier molecular flexibility index (Phi) is 4.58. The first-order chi connectivity index (χ1) is 7.54. The van der Waals surface area contributed by atoms with Crippen molar-refractivity contribution in [1.29, 1.82) is 0 Å². The topological polar surface area (TPSA) is 61.4 Å². The first-order valence-electron chi connectivity index (χ1n) is 5.81. The van der Waals surface area contributed by atoms with E-state index in [1.807, 2.05) is 13.8 Å². The third kappa shape index (κ3) is 3.40. The van der Waals surface area contributed by atoms with Gasteiger partial charge in [-0.1, -0.05) is 0 Å². The van der Waals surface area contributed by atoms with Crippen LogP contribution in [0.3, 0.4) is 0 Å². The Morgan fingerprint density at radius 3 is 2.25 bits per heavy atom. The van der Waals surface area contributed by atoms with E-state index in [-0.39, 0.29) is 23.9 Å². The highest BCUT2D eigenvalue weighted by atomic mass is 16.2. The summed E-state index contributed by atoms with van der Waals surface area (Å²) in [5.41, 5.74) is 0. The summed E-state index contributed by atoms with van der Waals surface area (Å²) in [5, 5.41) is 5.51. The second-order valence-electron chi connectivity index (χ2n) is 4.48. The minimum atomic E-state index is -0.0228. The summed E-state index contributed by atoms with van der Waals surface area (Å²) < 4.78 is 0. The summed E-state index contributed by atoms with van der Waals surface area (Å²) in [5.74, 6) is 0.150.